The fourth-order valence-corrected chi connectivity index (χ4v) is 6.48. The minimum Gasteiger partial charge on any atom is -0.457 e. The van der Waals surface area contributed by atoms with Crippen LogP contribution in [0.2, 0.25) is 0 Å². The first-order chi connectivity index (χ1) is 18.4. The van der Waals surface area contributed by atoms with Gasteiger partial charge in [-0.3, -0.25) is 4.79 Å². The van der Waals surface area contributed by atoms with Crippen LogP contribution in [0.1, 0.15) is 24.5 Å². The summed E-state index contributed by atoms with van der Waals surface area (Å²) < 4.78 is 17.7. The normalized spacial score (nSPS) is 19.2. The van der Waals surface area contributed by atoms with Crippen molar-refractivity contribution >= 4 is 55.1 Å². The number of aliphatic hydroxyl groups is 1. The number of nitrogens with zero attached hydrogens (tertiary/aromatic N) is 1. The lowest BCUT2D eigenvalue weighted by molar-refractivity contribution is -0.162. The Hall–Kier alpha value is -3.95. The van der Waals surface area contributed by atoms with Gasteiger partial charge in [0.1, 0.15) is 25.0 Å². The van der Waals surface area contributed by atoms with E-state index in [9.17, 15) is 19.5 Å². The van der Waals surface area contributed by atoms with E-state index in [0.29, 0.717) is 12.0 Å². The summed E-state index contributed by atoms with van der Waals surface area (Å²) in [6.45, 7) is 8.71. The molecule has 1 amide bonds. The zero-order valence-electron chi connectivity index (χ0n) is 20.8. The van der Waals surface area contributed by atoms with Crippen LogP contribution in [0.3, 0.4) is 0 Å². The van der Waals surface area contributed by atoms with Crippen molar-refractivity contribution in [1.82, 2.24) is 4.90 Å². The lowest BCUT2D eigenvalue weighted by atomic mass is 9.82. The van der Waals surface area contributed by atoms with Crippen molar-refractivity contribution in [3.63, 3.8) is 0 Å². The van der Waals surface area contributed by atoms with Gasteiger partial charge >= 0.3 is 12.1 Å². The number of hydrogen-bond donors (Lipinski definition) is 1. The lowest BCUT2D eigenvalue weighted by Crippen LogP contribution is -2.62. The third-order valence-electron chi connectivity index (χ3n) is 6.91. The molecule has 1 aromatic heterocycles. The molecule has 0 unspecified atom stereocenters. The maximum Gasteiger partial charge on any atom is 0.508 e. The number of amides is 1. The molecule has 5 rings (SSSR count). The molecule has 0 saturated carbocycles. The zero-order chi connectivity index (χ0) is 27.0. The summed E-state index contributed by atoms with van der Waals surface area (Å²) in [4.78, 5) is 40.0. The molecule has 3 aromatic rings. The van der Waals surface area contributed by atoms with E-state index in [4.69, 9.17) is 14.2 Å². The number of β-lactam (4-membered cyclic amide) rings is 1. The number of thiophene rings is 1. The maximum absolute atomic E-state index is 13.3. The highest BCUT2D eigenvalue weighted by molar-refractivity contribution is 7.26. The standard InChI is InChI=1S/C29H27NO7S/c1-4-11-35-28(33)25-21(14-22-24(27(32)30(22)25)16(3)37-29(34)36-12-5-2)19-8-6-7-18-20-13-17(15-31)9-10-23(20)38-26(18)19/h4-10,13,16,22,24,31H,1-2,11-12,14-15H2,3H3/t16-,22-,24-/m1/s1. The molecule has 1 N–H and O–H groups in total. The highest BCUT2D eigenvalue weighted by Crippen LogP contribution is 2.50. The van der Waals surface area contributed by atoms with E-state index in [1.54, 1.807) is 18.3 Å². The summed E-state index contributed by atoms with van der Waals surface area (Å²) in [6.07, 6.45) is 1.68. The summed E-state index contributed by atoms with van der Waals surface area (Å²) >= 11 is 1.59. The Morgan fingerprint density at radius 3 is 2.66 bits per heavy atom. The summed E-state index contributed by atoms with van der Waals surface area (Å²) in [5, 5.41) is 11.6. The average Bonchev–Trinajstić information content (AvgIpc) is 3.46. The van der Waals surface area contributed by atoms with Gasteiger partial charge in [-0.25, -0.2) is 9.59 Å². The van der Waals surface area contributed by atoms with Crippen molar-refractivity contribution in [3.05, 3.63) is 78.5 Å². The predicted molar refractivity (Wildman–Crippen MR) is 144 cm³/mol. The average molecular weight is 534 g/mol. The van der Waals surface area contributed by atoms with Gasteiger partial charge < -0.3 is 24.2 Å². The van der Waals surface area contributed by atoms with E-state index in [2.05, 4.69) is 13.2 Å². The molecule has 0 bridgehead atoms. The number of esters is 1. The molecular formula is C29H27NO7S. The van der Waals surface area contributed by atoms with Crippen molar-refractivity contribution in [1.29, 1.82) is 0 Å². The Kier molecular flexibility index (Phi) is 7.05. The number of aliphatic hydroxyl groups excluding tert-OH is 1. The Morgan fingerprint density at radius 1 is 1.16 bits per heavy atom. The first-order valence-corrected chi connectivity index (χ1v) is 13.0. The van der Waals surface area contributed by atoms with E-state index in [-0.39, 0.29) is 37.5 Å². The van der Waals surface area contributed by atoms with E-state index >= 15 is 0 Å². The van der Waals surface area contributed by atoms with Crippen LogP contribution in [0.4, 0.5) is 4.79 Å². The zero-order valence-corrected chi connectivity index (χ0v) is 21.7. The SMILES string of the molecule is C=CCOC(=O)O[C@H](C)[C@H]1C(=O)N2C(C(=O)OCC=C)=C(c3cccc4c3sc3ccc(CO)cc34)C[C@H]12. The Balaban J connectivity index is 1.54. The molecule has 2 aromatic carbocycles. The Morgan fingerprint density at radius 2 is 1.92 bits per heavy atom. The number of ether oxygens (including phenoxy) is 3. The van der Waals surface area contributed by atoms with Crippen molar-refractivity contribution in [3.8, 4) is 0 Å². The molecule has 2 aliphatic heterocycles. The quantitative estimate of drug-likeness (QED) is 0.236. The molecule has 3 atom stereocenters. The molecule has 1 fully saturated rings. The van der Waals surface area contributed by atoms with Crippen molar-refractivity contribution in [2.75, 3.05) is 13.2 Å². The van der Waals surface area contributed by atoms with Crippen molar-refractivity contribution < 1.29 is 33.7 Å². The van der Waals surface area contributed by atoms with Gasteiger partial charge in [0.25, 0.3) is 0 Å². The highest BCUT2D eigenvalue weighted by atomic mass is 32.1. The smallest absolute Gasteiger partial charge is 0.457 e. The van der Waals surface area contributed by atoms with Crippen molar-refractivity contribution in [2.45, 2.75) is 32.1 Å². The summed E-state index contributed by atoms with van der Waals surface area (Å²) in [5.74, 6) is -1.54. The monoisotopic (exact) mass is 533 g/mol. The molecule has 2 aliphatic rings. The number of carbonyl (C=O) groups is 3. The van der Waals surface area contributed by atoms with Crippen LogP contribution in [-0.2, 0) is 30.4 Å². The number of carbonyl (C=O) groups excluding carboxylic acids is 3. The topological polar surface area (TPSA) is 102 Å². The first-order valence-electron chi connectivity index (χ1n) is 12.2. The van der Waals surface area contributed by atoms with Crippen LogP contribution < -0.4 is 0 Å². The number of benzene rings is 2. The largest absolute Gasteiger partial charge is 0.508 e. The van der Waals surface area contributed by atoms with E-state index in [0.717, 1.165) is 31.3 Å². The number of fused-ring (bicyclic) bond motifs is 4. The number of hydrogen-bond acceptors (Lipinski definition) is 8. The number of rotatable bonds is 9. The minimum absolute atomic E-state index is 0.00366. The third kappa shape index (κ3) is 4.27. The van der Waals surface area contributed by atoms with Gasteiger partial charge in [-0.15, -0.1) is 11.3 Å². The molecule has 1 saturated heterocycles. The second-order valence-electron chi connectivity index (χ2n) is 9.17. The van der Waals surface area contributed by atoms with Gasteiger partial charge in [-0.1, -0.05) is 49.6 Å². The van der Waals surface area contributed by atoms with Crippen LogP contribution in [-0.4, -0.2) is 53.4 Å². The van der Waals surface area contributed by atoms with Gasteiger partial charge in [-0.05, 0) is 42.2 Å². The van der Waals surface area contributed by atoms with Crippen LogP contribution in [0.25, 0.3) is 25.7 Å². The molecule has 0 aliphatic carbocycles. The van der Waals surface area contributed by atoms with Crippen LogP contribution in [0.15, 0.2) is 67.4 Å². The maximum atomic E-state index is 13.3. The van der Waals surface area contributed by atoms with Crippen molar-refractivity contribution in [2.24, 2.45) is 5.92 Å². The lowest BCUT2D eigenvalue weighted by Gasteiger charge is -2.45. The molecule has 38 heavy (non-hydrogen) atoms. The Labute approximate surface area is 223 Å². The molecule has 0 spiro atoms. The van der Waals surface area contributed by atoms with Gasteiger partial charge in [0, 0.05) is 20.2 Å². The minimum atomic E-state index is -0.877. The first kappa shape index (κ1) is 25.7. The second-order valence-corrected chi connectivity index (χ2v) is 10.2. The highest BCUT2D eigenvalue weighted by Gasteiger charge is 2.58. The van der Waals surface area contributed by atoms with E-state index < -0.39 is 24.1 Å². The molecule has 196 valence electrons. The van der Waals surface area contributed by atoms with Crippen LogP contribution >= 0.6 is 11.3 Å². The summed E-state index contributed by atoms with van der Waals surface area (Å²) in [7, 11) is 0. The molecule has 9 heteroatoms. The van der Waals surface area contributed by atoms with E-state index in [1.165, 1.54) is 17.1 Å². The third-order valence-corrected chi connectivity index (χ3v) is 8.13. The van der Waals surface area contributed by atoms with Gasteiger partial charge in [0.15, 0.2) is 0 Å². The predicted octanol–water partition coefficient (Wildman–Crippen LogP) is 4.95. The molecule has 0 radical (unpaired) electrons. The van der Waals surface area contributed by atoms with E-state index in [1.807, 2.05) is 36.4 Å². The molecule has 8 nitrogen and oxygen atoms in total. The van der Waals surface area contributed by atoms with Crippen LogP contribution in [0, 0.1) is 5.92 Å². The fraction of sp³-hybridized carbons (Fsp3) is 0.276. The fourth-order valence-electron chi connectivity index (χ4n) is 5.26. The van der Waals surface area contributed by atoms with Gasteiger partial charge in [0.05, 0.1) is 18.6 Å². The summed E-state index contributed by atoms with van der Waals surface area (Å²) in [6, 6.07) is 11.4. The summed E-state index contributed by atoms with van der Waals surface area (Å²) in [5.41, 5.74) is 2.58. The van der Waals surface area contributed by atoms with Crippen LogP contribution in [0.5, 0.6) is 0 Å². The Bertz CT molecular complexity index is 1500. The molecular weight excluding hydrogens is 506 g/mol. The van der Waals surface area contributed by atoms with Gasteiger partial charge in [0.2, 0.25) is 5.91 Å². The second kappa shape index (κ2) is 10.4. The molecule has 3 heterocycles. The van der Waals surface area contributed by atoms with Gasteiger partial charge in [-0.2, -0.15) is 0 Å².